The quantitative estimate of drug-likeness (QED) is 0.631. The molecule has 0 aromatic heterocycles. The van der Waals surface area contributed by atoms with Gasteiger partial charge in [-0.1, -0.05) is 27.7 Å². The Morgan fingerprint density at radius 1 is 1.25 bits per heavy atom. The average molecular weight is 230 g/mol. The first-order valence-electron chi connectivity index (χ1n) is 6.13. The molecule has 2 unspecified atom stereocenters. The molecule has 16 heavy (non-hydrogen) atoms. The molecule has 0 rings (SSSR count). The Labute approximate surface area is 99.5 Å². The summed E-state index contributed by atoms with van der Waals surface area (Å²) in [6.45, 7) is 10.7. The number of hydrogen-bond donors (Lipinski definition) is 0. The number of rotatable bonds is 7. The smallest absolute Gasteiger partial charge is 0.305 e. The summed E-state index contributed by atoms with van der Waals surface area (Å²) in [4.78, 5) is 11.2. The minimum Gasteiger partial charge on any atom is -0.465 e. The molecule has 0 aromatic rings. The summed E-state index contributed by atoms with van der Waals surface area (Å²) in [6, 6.07) is 0. The number of esters is 1. The largest absolute Gasteiger partial charge is 0.465 e. The zero-order chi connectivity index (χ0) is 12.8. The first-order valence-corrected chi connectivity index (χ1v) is 6.13. The van der Waals surface area contributed by atoms with Crippen molar-refractivity contribution in [2.45, 2.75) is 53.6 Å². The van der Waals surface area contributed by atoms with E-state index in [0.717, 1.165) is 6.42 Å². The van der Waals surface area contributed by atoms with Gasteiger partial charge in [0, 0.05) is 18.9 Å². The fraction of sp³-hybridized carbons (Fsp3) is 0.923. The molecule has 3 nitrogen and oxygen atoms in total. The standard InChI is InChI=1S/C13H26O3/c1-7-12(14)16-9-13(8-2,10(3)4)11(5)15-6/h10-11H,7-9H2,1-6H3. The molecule has 3 heteroatoms. The van der Waals surface area contributed by atoms with Crippen LogP contribution >= 0.6 is 0 Å². The minimum absolute atomic E-state index is 0.0837. The van der Waals surface area contributed by atoms with Crippen molar-refractivity contribution in [3.05, 3.63) is 0 Å². The number of methoxy groups -OCH3 is 1. The maximum Gasteiger partial charge on any atom is 0.305 e. The van der Waals surface area contributed by atoms with Gasteiger partial charge in [-0.15, -0.1) is 0 Å². The second-order valence-electron chi connectivity index (χ2n) is 4.63. The molecule has 0 heterocycles. The molecule has 96 valence electrons. The topological polar surface area (TPSA) is 35.5 Å². The van der Waals surface area contributed by atoms with Crippen LogP contribution in [0.4, 0.5) is 0 Å². The Balaban J connectivity index is 4.70. The van der Waals surface area contributed by atoms with Gasteiger partial charge in [-0.2, -0.15) is 0 Å². The molecule has 0 saturated heterocycles. The van der Waals surface area contributed by atoms with Crippen molar-refractivity contribution in [1.29, 1.82) is 0 Å². The molecule has 0 amide bonds. The van der Waals surface area contributed by atoms with Gasteiger partial charge in [0.2, 0.25) is 0 Å². The van der Waals surface area contributed by atoms with E-state index in [1.807, 2.05) is 13.8 Å². The third-order valence-corrected chi connectivity index (χ3v) is 3.76. The highest BCUT2D eigenvalue weighted by Crippen LogP contribution is 2.37. The zero-order valence-corrected chi connectivity index (χ0v) is 11.5. The van der Waals surface area contributed by atoms with Gasteiger partial charge in [0.05, 0.1) is 12.7 Å². The second kappa shape index (κ2) is 6.89. The lowest BCUT2D eigenvalue weighted by Crippen LogP contribution is -2.43. The van der Waals surface area contributed by atoms with Crippen LogP contribution in [0.1, 0.15) is 47.5 Å². The van der Waals surface area contributed by atoms with Crippen molar-refractivity contribution >= 4 is 5.97 Å². The van der Waals surface area contributed by atoms with E-state index in [2.05, 4.69) is 20.8 Å². The highest BCUT2D eigenvalue weighted by atomic mass is 16.5. The van der Waals surface area contributed by atoms with Crippen LogP contribution < -0.4 is 0 Å². The normalized spacial score (nSPS) is 16.9. The van der Waals surface area contributed by atoms with E-state index >= 15 is 0 Å². The molecule has 0 aliphatic heterocycles. The molecule has 0 bridgehead atoms. The number of carbonyl (C=O) groups excluding carboxylic acids is 1. The van der Waals surface area contributed by atoms with Crippen molar-refractivity contribution < 1.29 is 14.3 Å². The summed E-state index contributed by atoms with van der Waals surface area (Å²) in [6.07, 6.45) is 1.46. The van der Waals surface area contributed by atoms with Crippen LogP contribution in [0.3, 0.4) is 0 Å². The van der Waals surface area contributed by atoms with Crippen molar-refractivity contribution in [1.82, 2.24) is 0 Å². The summed E-state index contributed by atoms with van der Waals surface area (Å²) in [7, 11) is 1.71. The maximum absolute atomic E-state index is 11.2. The third-order valence-electron chi connectivity index (χ3n) is 3.76. The average Bonchev–Trinajstić information content (AvgIpc) is 2.28. The lowest BCUT2D eigenvalue weighted by molar-refractivity contribution is -0.153. The fourth-order valence-corrected chi connectivity index (χ4v) is 2.10. The van der Waals surface area contributed by atoms with E-state index in [1.54, 1.807) is 7.11 Å². The Kier molecular flexibility index (Phi) is 6.65. The lowest BCUT2D eigenvalue weighted by Gasteiger charge is -2.40. The number of hydrogen-bond acceptors (Lipinski definition) is 3. The highest BCUT2D eigenvalue weighted by molar-refractivity contribution is 5.68. The van der Waals surface area contributed by atoms with Crippen LogP contribution in [-0.4, -0.2) is 25.8 Å². The fourth-order valence-electron chi connectivity index (χ4n) is 2.10. The molecule has 0 spiro atoms. The third kappa shape index (κ3) is 3.48. The summed E-state index contributed by atoms with van der Waals surface area (Å²) < 4.78 is 10.8. The van der Waals surface area contributed by atoms with Crippen molar-refractivity contribution in [3.63, 3.8) is 0 Å². The summed E-state index contributed by atoms with van der Waals surface area (Å²) in [5, 5.41) is 0. The first kappa shape index (κ1) is 15.4. The Bertz CT molecular complexity index is 213. The van der Waals surface area contributed by atoms with Crippen LogP contribution in [0, 0.1) is 11.3 Å². The molecular weight excluding hydrogens is 204 g/mol. The van der Waals surface area contributed by atoms with Gasteiger partial charge in [0.15, 0.2) is 0 Å². The molecular formula is C13H26O3. The van der Waals surface area contributed by atoms with Crippen LogP contribution in [0.25, 0.3) is 0 Å². The van der Waals surface area contributed by atoms with Gasteiger partial charge in [-0.3, -0.25) is 4.79 Å². The molecule has 2 atom stereocenters. The van der Waals surface area contributed by atoms with E-state index in [1.165, 1.54) is 0 Å². The maximum atomic E-state index is 11.2. The van der Waals surface area contributed by atoms with Crippen molar-refractivity contribution in [2.24, 2.45) is 11.3 Å². The van der Waals surface area contributed by atoms with Gasteiger partial charge < -0.3 is 9.47 Å². The van der Waals surface area contributed by atoms with Crippen LogP contribution in [0.2, 0.25) is 0 Å². The second-order valence-corrected chi connectivity index (χ2v) is 4.63. The SMILES string of the molecule is CCC(=O)OCC(CC)(C(C)C)C(C)OC. The number of carbonyl (C=O) groups is 1. The molecule has 0 radical (unpaired) electrons. The Hall–Kier alpha value is -0.570. The lowest BCUT2D eigenvalue weighted by atomic mass is 9.71. The Morgan fingerprint density at radius 3 is 2.12 bits per heavy atom. The molecule has 0 aromatic carbocycles. The summed E-state index contributed by atoms with van der Waals surface area (Å²) >= 11 is 0. The predicted octanol–water partition coefficient (Wildman–Crippen LogP) is 3.03. The van der Waals surface area contributed by atoms with Crippen molar-refractivity contribution in [2.75, 3.05) is 13.7 Å². The minimum atomic E-state index is -0.137. The highest BCUT2D eigenvalue weighted by Gasteiger charge is 2.39. The predicted molar refractivity (Wildman–Crippen MR) is 65.3 cm³/mol. The van der Waals surface area contributed by atoms with Gasteiger partial charge in [-0.25, -0.2) is 0 Å². The molecule has 0 fully saturated rings. The van der Waals surface area contributed by atoms with Gasteiger partial charge in [-0.05, 0) is 19.3 Å². The van der Waals surface area contributed by atoms with Crippen LogP contribution in [0.15, 0.2) is 0 Å². The van der Waals surface area contributed by atoms with E-state index < -0.39 is 0 Å². The summed E-state index contributed by atoms with van der Waals surface area (Å²) in [5.41, 5.74) is -0.0837. The van der Waals surface area contributed by atoms with Gasteiger partial charge in [0.1, 0.15) is 0 Å². The van der Waals surface area contributed by atoms with Crippen molar-refractivity contribution in [3.8, 4) is 0 Å². The van der Waals surface area contributed by atoms with E-state index in [4.69, 9.17) is 9.47 Å². The van der Waals surface area contributed by atoms with Crippen LogP contribution in [-0.2, 0) is 14.3 Å². The van der Waals surface area contributed by atoms with E-state index in [9.17, 15) is 4.79 Å². The monoisotopic (exact) mass is 230 g/mol. The van der Waals surface area contributed by atoms with Gasteiger partial charge in [0.25, 0.3) is 0 Å². The van der Waals surface area contributed by atoms with E-state index in [-0.39, 0.29) is 17.5 Å². The molecule has 0 N–H and O–H groups in total. The molecule has 0 saturated carbocycles. The number of ether oxygens (including phenoxy) is 2. The molecule has 0 aliphatic carbocycles. The van der Waals surface area contributed by atoms with Gasteiger partial charge >= 0.3 is 5.97 Å². The Morgan fingerprint density at radius 2 is 1.81 bits per heavy atom. The summed E-state index contributed by atoms with van der Waals surface area (Å²) in [5.74, 6) is 0.277. The van der Waals surface area contributed by atoms with E-state index in [0.29, 0.717) is 18.9 Å². The first-order chi connectivity index (χ1) is 7.44. The molecule has 0 aliphatic rings. The van der Waals surface area contributed by atoms with Crippen LogP contribution in [0.5, 0.6) is 0 Å². The zero-order valence-electron chi connectivity index (χ0n) is 11.5.